The summed E-state index contributed by atoms with van der Waals surface area (Å²) in [5, 5.41) is 12.3. The van der Waals surface area contributed by atoms with Crippen LogP contribution in [0.15, 0.2) is 66.5 Å². The van der Waals surface area contributed by atoms with E-state index in [4.69, 9.17) is 9.97 Å². The Morgan fingerprint density at radius 3 is 2.29 bits per heavy atom. The van der Waals surface area contributed by atoms with E-state index in [2.05, 4.69) is 62.2 Å². The Kier molecular flexibility index (Phi) is 10.3. The van der Waals surface area contributed by atoms with Gasteiger partial charge in [0.25, 0.3) is 5.91 Å². The third-order valence-corrected chi connectivity index (χ3v) is 11.4. The number of amides is 2. The number of rotatable bonds is 12. The van der Waals surface area contributed by atoms with Gasteiger partial charge in [-0.2, -0.15) is 0 Å². The molecule has 0 saturated carbocycles. The normalized spacial score (nSPS) is 17.5. The molecule has 258 valence electrons. The summed E-state index contributed by atoms with van der Waals surface area (Å²) in [4.78, 5) is 53.1. The van der Waals surface area contributed by atoms with Gasteiger partial charge in [0.1, 0.15) is 6.04 Å². The SMILES string of the molecule is CCCCc1ccc(C2CN(c3cnc(C4=CC=C(C[C@H](NC(=O)c5ccc(C(C)(C)C)s5)C(=O)N5CC(C(=O)O)C5)CC4)nc3)C2)cc1. The van der Waals surface area contributed by atoms with Gasteiger partial charge in [-0.3, -0.25) is 14.4 Å². The molecule has 4 heterocycles. The summed E-state index contributed by atoms with van der Waals surface area (Å²) in [6, 6.07) is 12.1. The fraction of sp³-hybridized carbons (Fsp3) is 0.462. The number of anilines is 1. The molecule has 3 aliphatic rings. The summed E-state index contributed by atoms with van der Waals surface area (Å²) in [7, 11) is 0. The molecule has 2 fully saturated rings. The van der Waals surface area contributed by atoms with Gasteiger partial charge in [-0.1, -0.05) is 76.1 Å². The number of unbranched alkanes of at least 4 members (excludes halogenated alkanes) is 1. The van der Waals surface area contributed by atoms with Crippen molar-refractivity contribution in [3.8, 4) is 0 Å². The van der Waals surface area contributed by atoms with Crippen LogP contribution in [0, 0.1) is 5.92 Å². The second kappa shape index (κ2) is 14.7. The summed E-state index contributed by atoms with van der Waals surface area (Å²) in [5.74, 6) is -0.774. The van der Waals surface area contributed by atoms with Gasteiger partial charge in [0.2, 0.25) is 5.91 Å². The van der Waals surface area contributed by atoms with Crippen LogP contribution < -0.4 is 10.2 Å². The minimum atomic E-state index is -0.904. The van der Waals surface area contributed by atoms with Crippen LogP contribution in [0.3, 0.4) is 0 Å². The van der Waals surface area contributed by atoms with Crippen molar-refractivity contribution in [2.45, 2.75) is 83.6 Å². The molecule has 0 radical (unpaired) electrons. The van der Waals surface area contributed by atoms with Crippen LogP contribution in [0.2, 0.25) is 0 Å². The number of aryl methyl sites for hydroxylation is 1. The number of benzene rings is 1. The first-order valence-corrected chi connectivity index (χ1v) is 18.3. The van der Waals surface area contributed by atoms with Gasteiger partial charge in [-0.05, 0) is 66.4 Å². The molecule has 0 spiro atoms. The van der Waals surface area contributed by atoms with E-state index < -0.39 is 17.9 Å². The number of thiophene rings is 1. The van der Waals surface area contributed by atoms with E-state index in [0.717, 1.165) is 47.6 Å². The number of hydrogen-bond donors (Lipinski definition) is 2. The molecule has 9 nitrogen and oxygen atoms in total. The lowest BCUT2D eigenvalue weighted by atomic mass is 9.90. The molecular weight excluding hydrogens is 635 g/mol. The summed E-state index contributed by atoms with van der Waals surface area (Å²) in [6.07, 6.45) is 13.2. The molecule has 0 unspecified atom stereocenters. The molecular formula is C39H47N5O4S. The molecule has 1 atom stereocenters. The Bertz CT molecular complexity index is 1730. The van der Waals surface area contributed by atoms with Crippen LogP contribution in [0.5, 0.6) is 0 Å². The summed E-state index contributed by atoms with van der Waals surface area (Å²) in [6.45, 7) is 10.8. The average Bonchev–Trinajstić information content (AvgIpc) is 3.55. The average molecular weight is 682 g/mol. The molecule has 2 aromatic heterocycles. The van der Waals surface area contributed by atoms with Gasteiger partial charge in [0, 0.05) is 37.0 Å². The predicted molar refractivity (Wildman–Crippen MR) is 194 cm³/mol. The summed E-state index contributed by atoms with van der Waals surface area (Å²) >= 11 is 1.43. The zero-order chi connectivity index (χ0) is 34.7. The third-order valence-electron chi connectivity index (χ3n) is 9.86. The zero-order valence-electron chi connectivity index (χ0n) is 28.9. The smallest absolute Gasteiger partial charge is 0.310 e. The lowest BCUT2D eigenvalue weighted by Gasteiger charge is -2.41. The Morgan fingerprint density at radius 1 is 0.980 bits per heavy atom. The van der Waals surface area contributed by atoms with Crippen molar-refractivity contribution in [1.82, 2.24) is 20.2 Å². The van der Waals surface area contributed by atoms with Crippen LogP contribution >= 0.6 is 11.3 Å². The van der Waals surface area contributed by atoms with Gasteiger partial charge >= 0.3 is 5.97 Å². The minimum Gasteiger partial charge on any atom is -0.481 e. The fourth-order valence-corrected chi connectivity index (χ4v) is 7.48. The number of carbonyl (C=O) groups is 3. The van der Waals surface area contributed by atoms with Crippen LogP contribution in [0.1, 0.15) is 97.2 Å². The largest absolute Gasteiger partial charge is 0.481 e. The first-order chi connectivity index (χ1) is 23.5. The van der Waals surface area contributed by atoms with E-state index in [1.54, 1.807) is 6.07 Å². The highest BCUT2D eigenvalue weighted by Gasteiger charge is 2.39. The predicted octanol–water partition coefficient (Wildman–Crippen LogP) is 6.62. The maximum atomic E-state index is 13.5. The maximum Gasteiger partial charge on any atom is 0.310 e. The topological polar surface area (TPSA) is 116 Å². The second-order valence-electron chi connectivity index (χ2n) is 14.7. The lowest BCUT2D eigenvalue weighted by Crippen LogP contribution is -2.58. The quantitative estimate of drug-likeness (QED) is 0.221. The van der Waals surface area contributed by atoms with Crippen molar-refractivity contribution in [2.75, 3.05) is 31.1 Å². The van der Waals surface area contributed by atoms with Crippen molar-refractivity contribution in [2.24, 2.45) is 5.92 Å². The first-order valence-electron chi connectivity index (χ1n) is 17.5. The molecule has 2 N–H and O–H groups in total. The minimum absolute atomic E-state index is 0.0818. The third kappa shape index (κ3) is 8.12. The monoisotopic (exact) mass is 681 g/mol. The number of hydrogen-bond acceptors (Lipinski definition) is 7. The van der Waals surface area contributed by atoms with Gasteiger partial charge in [-0.25, -0.2) is 9.97 Å². The van der Waals surface area contributed by atoms with Gasteiger partial charge in [-0.15, -0.1) is 11.3 Å². The van der Waals surface area contributed by atoms with Gasteiger partial charge in [0.05, 0.1) is 28.9 Å². The number of allylic oxidation sites excluding steroid dienone is 3. The van der Waals surface area contributed by atoms with Crippen LogP contribution in [-0.4, -0.2) is 70.0 Å². The Morgan fingerprint density at radius 2 is 1.69 bits per heavy atom. The van der Waals surface area contributed by atoms with Crippen molar-refractivity contribution in [3.05, 3.63) is 93.2 Å². The van der Waals surface area contributed by atoms with Crippen molar-refractivity contribution in [1.29, 1.82) is 0 Å². The van der Waals surface area contributed by atoms with E-state index in [-0.39, 0.29) is 30.3 Å². The number of likely N-dealkylation sites (tertiary alicyclic amines) is 1. The number of nitrogens with zero attached hydrogens (tertiary/aromatic N) is 4. The Balaban J connectivity index is 1.07. The van der Waals surface area contributed by atoms with Crippen molar-refractivity contribution >= 4 is 40.4 Å². The maximum absolute atomic E-state index is 13.5. The summed E-state index contributed by atoms with van der Waals surface area (Å²) in [5.41, 5.74) is 5.83. The molecule has 0 bridgehead atoms. The number of aromatic nitrogens is 2. The van der Waals surface area contributed by atoms with Gasteiger partial charge in [0.15, 0.2) is 5.82 Å². The molecule has 2 aliphatic heterocycles. The highest BCUT2D eigenvalue weighted by atomic mass is 32.1. The number of aliphatic carboxylic acids is 1. The molecule has 1 aromatic carbocycles. The van der Waals surface area contributed by atoms with E-state index in [1.165, 1.54) is 40.2 Å². The molecule has 1 aliphatic carbocycles. The lowest BCUT2D eigenvalue weighted by molar-refractivity contribution is -0.153. The Hall–Kier alpha value is -4.31. The highest BCUT2D eigenvalue weighted by molar-refractivity contribution is 7.14. The molecule has 2 amide bonds. The van der Waals surface area contributed by atoms with Crippen LogP contribution in [-0.2, 0) is 21.4 Å². The standard InChI is InChI=1S/C39H47N5O4S/c1-5-6-7-25-8-12-27(13-9-25)29-21-43(22-29)31-19-40-35(41-20-31)28-14-10-26(11-15-28)18-32(37(46)44-23-30(24-44)38(47)48)42-36(45)33-16-17-34(49-33)39(2,3)4/h8-10,12-14,16-17,19-20,29-30,32H,5-7,11,15,18,21-24H2,1-4H3,(H,42,45)(H,47,48)/t32-/m0/s1. The van der Waals surface area contributed by atoms with E-state index in [0.29, 0.717) is 29.5 Å². The zero-order valence-corrected chi connectivity index (χ0v) is 29.8. The number of carbonyl (C=O) groups excluding carboxylic acids is 2. The highest BCUT2D eigenvalue weighted by Crippen LogP contribution is 2.33. The molecule has 49 heavy (non-hydrogen) atoms. The number of carboxylic acid groups (broad SMARTS) is 1. The van der Waals surface area contributed by atoms with E-state index in [1.807, 2.05) is 30.6 Å². The molecule has 6 rings (SSSR count). The van der Waals surface area contributed by atoms with E-state index in [9.17, 15) is 19.5 Å². The van der Waals surface area contributed by atoms with Crippen LogP contribution in [0.25, 0.3) is 5.57 Å². The second-order valence-corrected chi connectivity index (χ2v) is 15.7. The molecule has 10 heteroatoms. The van der Waals surface area contributed by atoms with Crippen molar-refractivity contribution in [3.63, 3.8) is 0 Å². The van der Waals surface area contributed by atoms with Crippen LogP contribution in [0.4, 0.5) is 5.69 Å². The molecule has 3 aromatic rings. The molecule has 2 saturated heterocycles. The Labute approximate surface area is 293 Å². The number of carboxylic acids is 1. The fourth-order valence-electron chi connectivity index (χ4n) is 6.51. The van der Waals surface area contributed by atoms with Gasteiger partial charge < -0.3 is 20.2 Å². The van der Waals surface area contributed by atoms with E-state index >= 15 is 0 Å². The number of nitrogens with one attached hydrogen (secondary N) is 1. The summed E-state index contributed by atoms with van der Waals surface area (Å²) < 4.78 is 0. The first kappa shape index (κ1) is 34.5. The van der Waals surface area contributed by atoms with Crippen molar-refractivity contribution < 1.29 is 19.5 Å².